The molecular weight excluding hydrogens is 232 g/mol. The van der Waals surface area contributed by atoms with Gasteiger partial charge in [-0.25, -0.2) is 0 Å². The highest BCUT2D eigenvalue weighted by Crippen LogP contribution is 2.11. The number of hydrogen-bond acceptors (Lipinski definition) is 2. The van der Waals surface area contributed by atoms with Crippen LogP contribution in [0.15, 0.2) is 0 Å². The number of unbranched alkanes of at least 4 members (excludes halogenated alkanes) is 11. The van der Waals surface area contributed by atoms with Crippen LogP contribution in [-0.2, 0) is 0 Å². The van der Waals surface area contributed by atoms with Crippen molar-refractivity contribution in [1.29, 1.82) is 5.26 Å². The summed E-state index contributed by atoms with van der Waals surface area (Å²) >= 11 is 0. The number of hydrogen-bond donors (Lipinski definition) is 1. The molecule has 1 N–H and O–H groups in total. The van der Waals surface area contributed by atoms with E-state index in [1.807, 2.05) is 6.92 Å². The zero-order valence-electron chi connectivity index (χ0n) is 13.2. The van der Waals surface area contributed by atoms with E-state index in [4.69, 9.17) is 5.26 Å². The Morgan fingerprint density at radius 1 is 0.789 bits per heavy atom. The van der Waals surface area contributed by atoms with Crippen LogP contribution in [0.25, 0.3) is 0 Å². The van der Waals surface area contributed by atoms with Gasteiger partial charge in [-0.2, -0.15) is 5.26 Å². The van der Waals surface area contributed by atoms with E-state index >= 15 is 0 Å². The third kappa shape index (κ3) is 15.4. The molecule has 0 radical (unpaired) electrons. The van der Waals surface area contributed by atoms with Gasteiger partial charge in [-0.05, 0) is 19.9 Å². The molecule has 2 nitrogen and oxygen atoms in total. The molecule has 19 heavy (non-hydrogen) atoms. The number of rotatable bonds is 14. The van der Waals surface area contributed by atoms with Crippen LogP contribution in [0, 0.1) is 11.3 Å². The highest BCUT2D eigenvalue weighted by molar-refractivity contribution is 4.84. The standard InChI is InChI=1S/C17H34N2/c1-3-4-5-6-7-8-9-10-11-12-13-14-15-19-17(2)16-18/h17,19H,3-15H2,1-2H3. The fourth-order valence-electron chi connectivity index (χ4n) is 2.33. The molecule has 1 atom stereocenters. The molecule has 0 fully saturated rings. The van der Waals surface area contributed by atoms with Crippen molar-refractivity contribution in [2.24, 2.45) is 0 Å². The van der Waals surface area contributed by atoms with Crippen LogP contribution in [0.5, 0.6) is 0 Å². The first-order chi connectivity index (χ1) is 9.31. The SMILES string of the molecule is CCCCCCCCCCCCCCNC(C)C#N. The molecule has 0 aliphatic carbocycles. The van der Waals surface area contributed by atoms with Gasteiger partial charge in [0, 0.05) is 0 Å². The third-order valence-corrected chi connectivity index (χ3v) is 3.67. The van der Waals surface area contributed by atoms with Crippen molar-refractivity contribution >= 4 is 0 Å². The zero-order chi connectivity index (χ0) is 14.2. The Bertz CT molecular complexity index is 208. The van der Waals surface area contributed by atoms with Gasteiger partial charge in [0.2, 0.25) is 0 Å². The molecule has 0 saturated carbocycles. The number of nitrogens with one attached hydrogen (secondary N) is 1. The lowest BCUT2D eigenvalue weighted by atomic mass is 10.1. The molecular formula is C17H34N2. The first kappa shape index (κ1) is 18.4. The Balaban J connectivity index is 2.97. The van der Waals surface area contributed by atoms with Gasteiger partial charge in [-0.1, -0.05) is 77.6 Å². The van der Waals surface area contributed by atoms with Gasteiger partial charge in [-0.3, -0.25) is 0 Å². The molecule has 0 amide bonds. The lowest BCUT2D eigenvalue weighted by Gasteiger charge is -2.05. The van der Waals surface area contributed by atoms with Gasteiger partial charge >= 0.3 is 0 Å². The second kappa shape index (κ2) is 15.5. The summed E-state index contributed by atoms with van der Waals surface area (Å²) in [7, 11) is 0. The monoisotopic (exact) mass is 266 g/mol. The first-order valence-corrected chi connectivity index (χ1v) is 8.44. The molecule has 1 unspecified atom stereocenters. The largest absolute Gasteiger partial charge is 0.302 e. The summed E-state index contributed by atoms with van der Waals surface area (Å²) in [6, 6.07) is 2.20. The molecule has 112 valence electrons. The van der Waals surface area contributed by atoms with Crippen LogP contribution in [-0.4, -0.2) is 12.6 Å². The maximum Gasteiger partial charge on any atom is 0.0924 e. The predicted molar refractivity (Wildman–Crippen MR) is 84.2 cm³/mol. The highest BCUT2D eigenvalue weighted by Gasteiger charge is 1.96. The van der Waals surface area contributed by atoms with Gasteiger partial charge in [0.1, 0.15) is 0 Å². The van der Waals surface area contributed by atoms with Crippen molar-refractivity contribution in [1.82, 2.24) is 5.32 Å². The topological polar surface area (TPSA) is 35.8 Å². The minimum absolute atomic E-state index is 0.00714. The minimum Gasteiger partial charge on any atom is -0.302 e. The van der Waals surface area contributed by atoms with Crippen LogP contribution >= 0.6 is 0 Å². The summed E-state index contributed by atoms with van der Waals surface area (Å²) in [4.78, 5) is 0. The second-order valence-corrected chi connectivity index (χ2v) is 5.69. The van der Waals surface area contributed by atoms with Crippen LogP contribution in [0.4, 0.5) is 0 Å². The van der Waals surface area contributed by atoms with E-state index in [0.29, 0.717) is 0 Å². The van der Waals surface area contributed by atoms with Crippen LogP contribution in [0.1, 0.15) is 90.9 Å². The normalized spacial score (nSPS) is 12.3. The molecule has 0 aliphatic rings. The Morgan fingerprint density at radius 2 is 1.21 bits per heavy atom. The minimum atomic E-state index is 0.00714. The van der Waals surface area contributed by atoms with Gasteiger partial charge in [0.15, 0.2) is 0 Å². The molecule has 0 bridgehead atoms. The van der Waals surface area contributed by atoms with Gasteiger partial charge in [-0.15, -0.1) is 0 Å². The zero-order valence-corrected chi connectivity index (χ0v) is 13.2. The van der Waals surface area contributed by atoms with Crippen LogP contribution in [0.2, 0.25) is 0 Å². The summed E-state index contributed by atoms with van der Waals surface area (Å²) in [5, 5.41) is 11.8. The highest BCUT2D eigenvalue weighted by atomic mass is 14.9. The molecule has 2 heteroatoms. The Labute approximate surface area is 121 Å². The van der Waals surface area contributed by atoms with E-state index in [1.54, 1.807) is 0 Å². The quantitative estimate of drug-likeness (QED) is 0.439. The predicted octanol–water partition coefficient (Wildman–Crippen LogP) is 5.19. The molecule has 0 aromatic carbocycles. The number of nitriles is 1. The second-order valence-electron chi connectivity index (χ2n) is 5.69. The van der Waals surface area contributed by atoms with E-state index in [0.717, 1.165) is 6.54 Å². The van der Waals surface area contributed by atoms with E-state index in [-0.39, 0.29) is 6.04 Å². The summed E-state index contributed by atoms with van der Waals surface area (Å²) in [5.74, 6) is 0. The maximum absolute atomic E-state index is 8.61. The molecule has 0 aromatic rings. The Morgan fingerprint density at radius 3 is 1.63 bits per heavy atom. The first-order valence-electron chi connectivity index (χ1n) is 8.44. The third-order valence-electron chi connectivity index (χ3n) is 3.67. The smallest absolute Gasteiger partial charge is 0.0924 e. The maximum atomic E-state index is 8.61. The lowest BCUT2D eigenvalue weighted by molar-refractivity contribution is 0.531. The van der Waals surface area contributed by atoms with Crippen molar-refractivity contribution in [2.45, 2.75) is 96.9 Å². The van der Waals surface area contributed by atoms with Crippen LogP contribution < -0.4 is 5.32 Å². The van der Waals surface area contributed by atoms with Crippen LogP contribution in [0.3, 0.4) is 0 Å². The molecule has 0 spiro atoms. The van der Waals surface area contributed by atoms with E-state index in [2.05, 4.69) is 18.3 Å². The van der Waals surface area contributed by atoms with Crippen molar-refractivity contribution in [3.8, 4) is 6.07 Å². The molecule has 0 rings (SSSR count). The van der Waals surface area contributed by atoms with E-state index in [9.17, 15) is 0 Å². The van der Waals surface area contributed by atoms with Gasteiger partial charge < -0.3 is 5.32 Å². The van der Waals surface area contributed by atoms with Crippen molar-refractivity contribution in [3.05, 3.63) is 0 Å². The van der Waals surface area contributed by atoms with Gasteiger partial charge in [0.25, 0.3) is 0 Å². The summed E-state index contributed by atoms with van der Waals surface area (Å²) in [6.07, 6.45) is 16.6. The fourth-order valence-corrected chi connectivity index (χ4v) is 2.33. The average molecular weight is 266 g/mol. The van der Waals surface area contributed by atoms with Crippen molar-refractivity contribution < 1.29 is 0 Å². The van der Waals surface area contributed by atoms with E-state index < -0.39 is 0 Å². The molecule has 0 saturated heterocycles. The van der Waals surface area contributed by atoms with E-state index in [1.165, 1.54) is 77.0 Å². The van der Waals surface area contributed by atoms with Gasteiger partial charge in [0.05, 0.1) is 12.1 Å². The fraction of sp³-hybridized carbons (Fsp3) is 0.941. The Kier molecular flexibility index (Phi) is 15.1. The summed E-state index contributed by atoms with van der Waals surface area (Å²) < 4.78 is 0. The van der Waals surface area contributed by atoms with Crippen molar-refractivity contribution in [2.75, 3.05) is 6.54 Å². The summed E-state index contributed by atoms with van der Waals surface area (Å²) in [6.45, 7) is 5.18. The molecule has 0 aromatic heterocycles. The van der Waals surface area contributed by atoms with Crippen molar-refractivity contribution in [3.63, 3.8) is 0 Å². The average Bonchev–Trinajstić information content (AvgIpc) is 2.43. The summed E-state index contributed by atoms with van der Waals surface area (Å²) in [5.41, 5.74) is 0. The molecule has 0 aliphatic heterocycles. The lowest BCUT2D eigenvalue weighted by Crippen LogP contribution is -2.25. The molecule has 0 heterocycles. The Hall–Kier alpha value is -0.550. The number of nitrogens with zero attached hydrogens (tertiary/aromatic N) is 1.